The van der Waals surface area contributed by atoms with Crippen LogP contribution in [0.25, 0.3) is 21.3 Å². The smallest absolute Gasteiger partial charge is 0.143 e. The van der Waals surface area contributed by atoms with Gasteiger partial charge in [-0.3, -0.25) is 0 Å². The van der Waals surface area contributed by atoms with Crippen LogP contribution >= 0.6 is 11.3 Å². The van der Waals surface area contributed by atoms with E-state index in [4.69, 9.17) is 0 Å². The number of aromatic nitrogens is 2. The normalized spacial score (nSPS) is 11.0. The zero-order chi connectivity index (χ0) is 18.1. The molecule has 26 heavy (non-hydrogen) atoms. The summed E-state index contributed by atoms with van der Waals surface area (Å²) < 4.78 is 0. The van der Waals surface area contributed by atoms with E-state index in [1.54, 1.807) is 23.7 Å². The van der Waals surface area contributed by atoms with Crippen molar-refractivity contribution in [1.29, 1.82) is 0 Å². The van der Waals surface area contributed by atoms with Gasteiger partial charge in [0, 0.05) is 10.9 Å². The minimum atomic E-state index is 0.209. The molecule has 0 bridgehead atoms. The average molecular weight is 361 g/mol. The van der Waals surface area contributed by atoms with Crippen molar-refractivity contribution < 1.29 is 5.11 Å². The monoisotopic (exact) mass is 361 g/mol. The van der Waals surface area contributed by atoms with Gasteiger partial charge in [0.25, 0.3) is 0 Å². The molecule has 0 radical (unpaired) electrons. The zero-order valence-corrected chi connectivity index (χ0v) is 15.5. The standard InChI is InChI=1S/C21H19N3OS/c1-3-14-5-7-15(8-6-14)16-11-26-21-19(16)20(22-12-23-21)24-17-9-4-13(2)10-18(17)25/h4-12,25H,3H2,1-2H3,(H,22,23,24). The van der Waals surface area contributed by atoms with E-state index in [2.05, 4.69) is 51.9 Å². The molecule has 130 valence electrons. The van der Waals surface area contributed by atoms with E-state index in [0.29, 0.717) is 11.5 Å². The number of benzene rings is 2. The van der Waals surface area contributed by atoms with E-state index in [1.807, 2.05) is 19.1 Å². The Labute approximate surface area is 156 Å². The highest BCUT2D eigenvalue weighted by Crippen LogP contribution is 2.38. The van der Waals surface area contributed by atoms with Gasteiger partial charge in [-0.1, -0.05) is 37.3 Å². The molecular formula is C21H19N3OS. The first-order chi connectivity index (χ1) is 12.7. The van der Waals surface area contributed by atoms with Crippen LogP contribution in [0.5, 0.6) is 5.75 Å². The lowest BCUT2D eigenvalue weighted by molar-refractivity contribution is 0.477. The van der Waals surface area contributed by atoms with Gasteiger partial charge in [-0.15, -0.1) is 11.3 Å². The van der Waals surface area contributed by atoms with Crippen molar-refractivity contribution in [3.63, 3.8) is 0 Å². The van der Waals surface area contributed by atoms with Crippen molar-refractivity contribution in [2.24, 2.45) is 0 Å². The number of phenols is 1. The van der Waals surface area contributed by atoms with E-state index in [9.17, 15) is 5.11 Å². The number of thiophene rings is 1. The van der Waals surface area contributed by atoms with Crippen LogP contribution in [0, 0.1) is 6.92 Å². The lowest BCUT2D eigenvalue weighted by Gasteiger charge is -2.10. The molecule has 4 rings (SSSR count). The molecule has 0 saturated carbocycles. The number of aryl methyl sites for hydroxylation is 2. The zero-order valence-electron chi connectivity index (χ0n) is 14.7. The third kappa shape index (κ3) is 3.02. The molecule has 2 aromatic heterocycles. The predicted octanol–water partition coefficient (Wildman–Crippen LogP) is 5.68. The molecule has 4 aromatic rings. The second kappa shape index (κ2) is 6.77. The number of nitrogens with one attached hydrogen (secondary N) is 1. The van der Waals surface area contributed by atoms with Crippen molar-refractivity contribution >= 4 is 33.1 Å². The Morgan fingerprint density at radius 1 is 1.08 bits per heavy atom. The van der Waals surface area contributed by atoms with Gasteiger partial charge < -0.3 is 10.4 Å². The Hall–Kier alpha value is -2.92. The Bertz CT molecular complexity index is 1070. The summed E-state index contributed by atoms with van der Waals surface area (Å²) >= 11 is 1.60. The second-order valence-electron chi connectivity index (χ2n) is 6.25. The highest BCUT2D eigenvalue weighted by molar-refractivity contribution is 7.17. The summed E-state index contributed by atoms with van der Waals surface area (Å²) in [7, 11) is 0. The summed E-state index contributed by atoms with van der Waals surface area (Å²) in [5.41, 5.74) is 5.19. The van der Waals surface area contributed by atoms with Crippen LogP contribution in [0.2, 0.25) is 0 Å². The maximum Gasteiger partial charge on any atom is 0.143 e. The number of fused-ring (bicyclic) bond motifs is 1. The minimum Gasteiger partial charge on any atom is -0.506 e. The molecule has 2 heterocycles. The number of hydrogen-bond donors (Lipinski definition) is 2. The quantitative estimate of drug-likeness (QED) is 0.459. The van der Waals surface area contributed by atoms with Crippen molar-refractivity contribution in [1.82, 2.24) is 9.97 Å². The van der Waals surface area contributed by atoms with Crippen LogP contribution < -0.4 is 5.32 Å². The molecule has 2 aromatic carbocycles. The molecule has 2 N–H and O–H groups in total. The first-order valence-electron chi connectivity index (χ1n) is 8.54. The minimum absolute atomic E-state index is 0.209. The molecule has 0 aliphatic rings. The number of nitrogens with zero attached hydrogens (tertiary/aromatic N) is 2. The van der Waals surface area contributed by atoms with E-state index in [0.717, 1.165) is 33.3 Å². The van der Waals surface area contributed by atoms with E-state index < -0.39 is 0 Å². The maximum absolute atomic E-state index is 10.2. The molecule has 0 unspecified atom stereocenters. The van der Waals surface area contributed by atoms with Crippen molar-refractivity contribution in [2.75, 3.05) is 5.32 Å². The lowest BCUT2D eigenvalue weighted by atomic mass is 10.0. The second-order valence-corrected chi connectivity index (χ2v) is 7.11. The van der Waals surface area contributed by atoms with E-state index in [-0.39, 0.29) is 5.75 Å². The van der Waals surface area contributed by atoms with Crippen molar-refractivity contribution in [2.45, 2.75) is 20.3 Å². The van der Waals surface area contributed by atoms with Crippen LogP contribution in [0.4, 0.5) is 11.5 Å². The fraction of sp³-hybridized carbons (Fsp3) is 0.143. The summed E-state index contributed by atoms with van der Waals surface area (Å²) in [5.74, 6) is 0.908. The van der Waals surface area contributed by atoms with E-state index >= 15 is 0 Å². The van der Waals surface area contributed by atoms with Crippen LogP contribution in [0.3, 0.4) is 0 Å². The first kappa shape index (κ1) is 16.5. The number of phenolic OH excluding ortho intramolecular Hbond substituents is 1. The third-order valence-electron chi connectivity index (χ3n) is 4.45. The number of hydrogen-bond acceptors (Lipinski definition) is 5. The lowest BCUT2D eigenvalue weighted by Crippen LogP contribution is -1.96. The van der Waals surface area contributed by atoms with Crippen LogP contribution in [0.15, 0.2) is 54.2 Å². The van der Waals surface area contributed by atoms with Gasteiger partial charge in [0.1, 0.15) is 22.7 Å². The van der Waals surface area contributed by atoms with Crippen molar-refractivity contribution in [3.8, 4) is 16.9 Å². The van der Waals surface area contributed by atoms with Gasteiger partial charge >= 0.3 is 0 Å². The first-order valence-corrected chi connectivity index (χ1v) is 9.42. The van der Waals surface area contributed by atoms with Gasteiger partial charge in [-0.05, 0) is 42.2 Å². The summed E-state index contributed by atoms with van der Waals surface area (Å²) in [4.78, 5) is 9.76. The SMILES string of the molecule is CCc1ccc(-c2csc3ncnc(Nc4ccc(C)cc4O)c23)cc1. The highest BCUT2D eigenvalue weighted by Gasteiger charge is 2.14. The fourth-order valence-corrected chi connectivity index (χ4v) is 3.89. The molecule has 0 atom stereocenters. The molecule has 0 amide bonds. The van der Waals surface area contributed by atoms with Crippen LogP contribution in [0.1, 0.15) is 18.1 Å². The van der Waals surface area contributed by atoms with Crippen LogP contribution in [-0.4, -0.2) is 15.1 Å². The molecule has 0 fully saturated rings. The van der Waals surface area contributed by atoms with Gasteiger partial charge in [-0.2, -0.15) is 0 Å². The fourth-order valence-electron chi connectivity index (χ4n) is 2.98. The van der Waals surface area contributed by atoms with Gasteiger partial charge in [0.2, 0.25) is 0 Å². The summed E-state index contributed by atoms with van der Waals surface area (Å²) in [6.07, 6.45) is 2.57. The topological polar surface area (TPSA) is 58.0 Å². The largest absolute Gasteiger partial charge is 0.506 e. The number of rotatable bonds is 4. The molecule has 0 aliphatic carbocycles. The van der Waals surface area contributed by atoms with Gasteiger partial charge in [0.15, 0.2) is 0 Å². The number of anilines is 2. The van der Waals surface area contributed by atoms with E-state index in [1.165, 1.54) is 5.56 Å². The average Bonchev–Trinajstić information content (AvgIpc) is 3.09. The molecular weight excluding hydrogens is 342 g/mol. The van der Waals surface area contributed by atoms with Crippen LogP contribution in [-0.2, 0) is 6.42 Å². The summed E-state index contributed by atoms with van der Waals surface area (Å²) in [6.45, 7) is 4.10. The Morgan fingerprint density at radius 3 is 2.62 bits per heavy atom. The molecule has 0 aliphatic heterocycles. The summed E-state index contributed by atoms with van der Waals surface area (Å²) in [5, 5.41) is 16.6. The highest BCUT2D eigenvalue weighted by atomic mass is 32.1. The van der Waals surface area contributed by atoms with Crippen molar-refractivity contribution in [3.05, 3.63) is 65.3 Å². The molecule has 4 nitrogen and oxygen atoms in total. The molecule has 0 spiro atoms. The predicted molar refractivity (Wildman–Crippen MR) is 108 cm³/mol. The summed E-state index contributed by atoms with van der Waals surface area (Å²) in [6, 6.07) is 14.1. The maximum atomic E-state index is 10.2. The third-order valence-corrected chi connectivity index (χ3v) is 5.34. The number of aromatic hydroxyl groups is 1. The molecule has 0 saturated heterocycles. The van der Waals surface area contributed by atoms with Gasteiger partial charge in [-0.25, -0.2) is 9.97 Å². The van der Waals surface area contributed by atoms with Gasteiger partial charge in [0.05, 0.1) is 11.1 Å². The Morgan fingerprint density at radius 2 is 1.88 bits per heavy atom. The Balaban J connectivity index is 1.81. The molecule has 5 heteroatoms. The Kier molecular flexibility index (Phi) is 4.31.